The van der Waals surface area contributed by atoms with E-state index in [2.05, 4.69) is 17.6 Å². The molecule has 0 bridgehead atoms. The highest BCUT2D eigenvalue weighted by atomic mass is 16.4. The fourth-order valence-electron chi connectivity index (χ4n) is 1.83. The van der Waals surface area contributed by atoms with Gasteiger partial charge in [0.15, 0.2) is 6.04 Å². The quantitative estimate of drug-likeness (QED) is 0.559. The van der Waals surface area contributed by atoms with Crippen molar-refractivity contribution in [2.75, 3.05) is 6.54 Å². The van der Waals surface area contributed by atoms with Crippen LogP contribution in [0.15, 0.2) is 0 Å². The van der Waals surface area contributed by atoms with Crippen LogP contribution in [0.3, 0.4) is 0 Å². The summed E-state index contributed by atoms with van der Waals surface area (Å²) in [5, 5.41) is 22.8. The van der Waals surface area contributed by atoms with E-state index in [4.69, 9.17) is 5.11 Å². The van der Waals surface area contributed by atoms with E-state index in [1.165, 1.54) is 13.3 Å². The van der Waals surface area contributed by atoms with Gasteiger partial charge in [0.25, 0.3) is 0 Å². The molecule has 6 nitrogen and oxygen atoms in total. The zero-order valence-corrected chi connectivity index (χ0v) is 10.2. The van der Waals surface area contributed by atoms with E-state index in [0.29, 0.717) is 6.54 Å². The van der Waals surface area contributed by atoms with Crippen LogP contribution in [-0.4, -0.2) is 40.9 Å². The van der Waals surface area contributed by atoms with Crippen molar-refractivity contribution in [3.05, 3.63) is 0 Å². The first-order chi connectivity index (χ1) is 7.84. The number of nitrogens with one attached hydrogen (secondary N) is 2. The molecular weight excluding hydrogens is 224 g/mol. The van der Waals surface area contributed by atoms with E-state index < -0.39 is 24.1 Å². The van der Waals surface area contributed by atoms with Gasteiger partial charge in [-0.15, -0.1) is 0 Å². The van der Waals surface area contributed by atoms with Crippen LogP contribution in [0.5, 0.6) is 0 Å². The lowest BCUT2D eigenvalue weighted by Gasteiger charge is -2.38. The smallest absolute Gasteiger partial charge is 0.328 e. The molecule has 2 atom stereocenters. The zero-order valence-electron chi connectivity index (χ0n) is 10.2. The van der Waals surface area contributed by atoms with E-state index in [1.807, 2.05) is 0 Å². The molecule has 1 rings (SSSR count). The molecule has 0 unspecified atom stereocenters. The Balaban J connectivity index is 2.34. The number of amides is 2. The van der Waals surface area contributed by atoms with Crippen LogP contribution in [-0.2, 0) is 4.79 Å². The van der Waals surface area contributed by atoms with Gasteiger partial charge in [0.1, 0.15) is 0 Å². The predicted molar refractivity (Wildman–Crippen MR) is 61.6 cm³/mol. The molecule has 1 aliphatic rings. The molecule has 0 spiro atoms. The van der Waals surface area contributed by atoms with Crippen LogP contribution in [0.2, 0.25) is 0 Å². The number of rotatable bonds is 5. The van der Waals surface area contributed by atoms with Crippen LogP contribution >= 0.6 is 0 Å². The van der Waals surface area contributed by atoms with Crippen molar-refractivity contribution in [3.63, 3.8) is 0 Å². The van der Waals surface area contributed by atoms with Crippen molar-refractivity contribution in [1.29, 1.82) is 0 Å². The molecule has 0 radical (unpaired) electrons. The van der Waals surface area contributed by atoms with Gasteiger partial charge in [0.2, 0.25) is 0 Å². The number of aliphatic hydroxyl groups excluding tert-OH is 1. The lowest BCUT2D eigenvalue weighted by atomic mass is 9.70. The van der Waals surface area contributed by atoms with E-state index in [-0.39, 0.29) is 5.41 Å². The van der Waals surface area contributed by atoms with Crippen molar-refractivity contribution in [2.24, 2.45) is 5.41 Å². The number of hydrogen-bond donors (Lipinski definition) is 4. The highest BCUT2D eigenvalue weighted by Crippen LogP contribution is 2.39. The maximum atomic E-state index is 11.5. The van der Waals surface area contributed by atoms with Crippen molar-refractivity contribution in [1.82, 2.24) is 10.6 Å². The normalized spacial score (nSPS) is 20.9. The van der Waals surface area contributed by atoms with Gasteiger partial charge < -0.3 is 20.8 Å². The maximum Gasteiger partial charge on any atom is 0.328 e. The molecule has 1 aliphatic carbocycles. The number of carbonyl (C=O) groups excluding carboxylic acids is 1. The molecule has 1 fully saturated rings. The Bertz CT molecular complexity index is 300. The summed E-state index contributed by atoms with van der Waals surface area (Å²) in [5.41, 5.74) is 0.140. The first-order valence-electron chi connectivity index (χ1n) is 5.79. The second kappa shape index (κ2) is 5.35. The summed E-state index contributed by atoms with van der Waals surface area (Å²) < 4.78 is 0. The van der Waals surface area contributed by atoms with Crippen LogP contribution in [0.25, 0.3) is 0 Å². The average molecular weight is 244 g/mol. The highest BCUT2D eigenvalue weighted by Gasteiger charge is 2.32. The molecule has 6 heteroatoms. The molecule has 0 aliphatic heterocycles. The Morgan fingerprint density at radius 2 is 2.00 bits per heavy atom. The summed E-state index contributed by atoms with van der Waals surface area (Å²) in [6.45, 7) is 3.94. The van der Waals surface area contributed by atoms with Gasteiger partial charge in [-0.2, -0.15) is 0 Å². The van der Waals surface area contributed by atoms with Gasteiger partial charge >= 0.3 is 12.0 Å². The number of aliphatic carboxylic acids is 1. The van der Waals surface area contributed by atoms with Crippen molar-refractivity contribution >= 4 is 12.0 Å². The fraction of sp³-hybridized carbons (Fsp3) is 0.818. The van der Waals surface area contributed by atoms with Gasteiger partial charge in [-0.25, -0.2) is 9.59 Å². The third kappa shape index (κ3) is 3.89. The number of carbonyl (C=O) groups is 2. The fourth-order valence-corrected chi connectivity index (χ4v) is 1.83. The van der Waals surface area contributed by atoms with Crippen LogP contribution in [0.1, 0.15) is 33.1 Å². The largest absolute Gasteiger partial charge is 0.480 e. The van der Waals surface area contributed by atoms with E-state index in [1.54, 1.807) is 0 Å². The summed E-state index contributed by atoms with van der Waals surface area (Å²) in [4.78, 5) is 22.2. The molecule has 0 aromatic carbocycles. The van der Waals surface area contributed by atoms with Crippen LogP contribution in [0.4, 0.5) is 4.79 Å². The third-order valence-corrected chi connectivity index (χ3v) is 3.27. The highest BCUT2D eigenvalue weighted by molar-refractivity contribution is 5.82. The van der Waals surface area contributed by atoms with Crippen LogP contribution < -0.4 is 10.6 Å². The minimum atomic E-state index is -1.27. The molecule has 2 amide bonds. The first-order valence-corrected chi connectivity index (χ1v) is 5.79. The lowest BCUT2D eigenvalue weighted by molar-refractivity contribution is -0.141. The van der Waals surface area contributed by atoms with Gasteiger partial charge in [-0.1, -0.05) is 13.3 Å². The molecule has 17 heavy (non-hydrogen) atoms. The summed E-state index contributed by atoms with van der Waals surface area (Å²) in [7, 11) is 0. The van der Waals surface area contributed by atoms with Crippen LogP contribution in [0, 0.1) is 5.41 Å². The standard InChI is InChI=1S/C11H20N2O4/c1-7(14)8(9(15)16)13-10(17)12-6-11(2)4-3-5-11/h7-8,14H,3-6H2,1-2H3,(H,15,16)(H2,12,13,17)/t7-,8+/m1/s1. The van der Waals surface area contributed by atoms with Crippen molar-refractivity contribution < 1.29 is 19.8 Å². The molecule has 4 N–H and O–H groups in total. The Morgan fingerprint density at radius 3 is 2.35 bits per heavy atom. The topological polar surface area (TPSA) is 98.7 Å². The number of carboxylic acid groups (broad SMARTS) is 1. The molecular formula is C11H20N2O4. The van der Waals surface area contributed by atoms with Crippen molar-refractivity contribution in [2.45, 2.75) is 45.3 Å². The summed E-state index contributed by atoms with van der Waals surface area (Å²) in [5.74, 6) is -1.25. The van der Waals surface area contributed by atoms with E-state index >= 15 is 0 Å². The van der Waals surface area contributed by atoms with Gasteiger partial charge in [0.05, 0.1) is 6.10 Å². The number of aliphatic hydroxyl groups is 1. The average Bonchev–Trinajstić information content (AvgIpc) is 2.19. The Kier molecular flexibility index (Phi) is 4.34. The molecule has 0 aromatic rings. The van der Waals surface area contributed by atoms with Gasteiger partial charge in [0, 0.05) is 6.54 Å². The second-order valence-corrected chi connectivity index (χ2v) is 5.05. The molecule has 0 aromatic heterocycles. The number of urea groups is 1. The van der Waals surface area contributed by atoms with E-state index in [0.717, 1.165) is 12.8 Å². The van der Waals surface area contributed by atoms with E-state index in [9.17, 15) is 14.7 Å². The monoisotopic (exact) mass is 244 g/mol. The lowest BCUT2D eigenvalue weighted by Crippen LogP contribution is -2.53. The second-order valence-electron chi connectivity index (χ2n) is 5.05. The Morgan fingerprint density at radius 1 is 1.41 bits per heavy atom. The molecule has 0 saturated heterocycles. The zero-order chi connectivity index (χ0) is 13.1. The Labute approximate surface area is 100 Å². The minimum Gasteiger partial charge on any atom is -0.480 e. The Hall–Kier alpha value is -1.30. The number of carboxylic acids is 1. The molecule has 0 heterocycles. The predicted octanol–water partition coefficient (Wildman–Crippen LogP) is 0.310. The number of hydrogen-bond acceptors (Lipinski definition) is 3. The SMILES string of the molecule is C[C@@H](O)[C@H](NC(=O)NCC1(C)CCC1)C(=O)O. The van der Waals surface area contributed by atoms with Crippen molar-refractivity contribution in [3.8, 4) is 0 Å². The van der Waals surface area contributed by atoms with Gasteiger partial charge in [-0.05, 0) is 25.2 Å². The first kappa shape index (κ1) is 13.8. The third-order valence-electron chi connectivity index (χ3n) is 3.27. The molecule has 98 valence electrons. The summed E-state index contributed by atoms with van der Waals surface area (Å²) >= 11 is 0. The molecule has 1 saturated carbocycles. The summed E-state index contributed by atoms with van der Waals surface area (Å²) in [6.07, 6.45) is 2.20. The minimum absolute atomic E-state index is 0.140. The van der Waals surface area contributed by atoms with Gasteiger partial charge in [-0.3, -0.25) is 0 Å². The maximum absolute atomic E-state index is 11.5. The summed E-state index contributed by atoms with van der Waals surface area (Å²) in [6, 6.07) is -1.82.